The van der Waals surface area contributed by atoms with Gasteiger partial charge in [-0.1, -0.05) is 38.1 Å². The second kappa shape index (κ2) is 5.16. The average molecular weight is 254 g/mol. The van der Waals surface area contributed by atoms with Crippen molar-refractivity contribution in [1.29, 1.82) is 0 Å². The number of phenolic OH excluding ortho intramolecular Hbond substituents is 1. The minimum Gasteiger partial charge on any atom is -0.508 e. The maximum atomic E-state index is 11.0. The summed E-state index contributed by atoms with van der Waals surface area (Å²) in [6.07, 6.45) is 0. The van der Waals surface area contributed by atoms with E-state index in [0.717, 1.165) is 6.07 Å². The first kappa shape index (κ1) is 13.5. The molecule has 0 saturated carbocycles. The smallest absolute Gasteiger partial charge is 0.295 e. The molecule has 0 fully saturated rings. The summed E-state index contributed by atoms with van der Waals surface area (Å²) in [6, 6.07) is 9.06. The van der Waals surface area contributed by atoms with Gasteiger partial charge in [-0.15, -0.1) is 0 Å². The van der Waals surface area contributed by atoms with Gasteiger partial charge in [0.15, 0.2) is 0 Å². The minimum absolute atomic E-state index is 0.193. The summed E-state index contributed by atoms with van der Waals surface area (Å²) in [6.45, 7) is 4.00. The molecule has 0 radical (unpaired) electrons. The number of benzene rings is 2. The predicted octanol–water partition coefficient (Wildman–Crippen LogP) is 2.82. The summed E-state index contributed by atoms with van der Waals surface area (Å²) < 4.78 is 31.1. The fraction of sp³-hybridized carbons (Fsp3) is 0.167. The third kappa shape index (κ3) is 2.95. The zero-order chi connectivity index (χ0) is 13.1. The monoisotopic (exact) mass is 254 g/mol. The first-order valence-electron chi connectivity index (χ1n) is 5.18. The van der Waals surface area contributed by atoms with Crippen molar-refractivity contribution in [2.45, 2.75) is 18.7 Å². The minimum atomic E-state index is -4.31. The largest absolute Gasteiger partial charge is 0.508 e. The molecule has 4 nitrogen and oxygen atoms in total. The Morgan fingerprint density at radius 1 is 1.06 bits per heavy atom. The zero-order valence-corrected chi connectivity index (χ0v) is 10.4. The van der Waals surface area contributed by atoms with E-state index >= 15 is 0 Å². The van der Waals surface area contributed by atoms with E-state index in [1.165, 1.54) is 6.07 Å². The van der Waals surface area contributed by atoms with Gasteiger partial charge in [-0.05, 0) is 11.5 Å². The molecule has 0 atom stereocenters. The molecule has 2 N–H and O–H groups in total. The lowest BCUT2D eigenvalue weighted by molar-refractivity contribution is 0.468. The molecule has 0 aliphatic carbocycles. The molecule has 2 rings (SSSR count). The van der Waals surface area contributed by atoms with E-state index in [2.05, 4.69) is 0 Å². The van der Waals surface area contributed by atoms with Crippen molar-refractivity contribution in [1.82, 2.24) is 0 Å². The summed E-state index contributed by atoms with van der Waals surface area (Å²) in [5.41, 5.74) is 0. The van der Waals surface area contributed by atoms with E-state index in [1.807, 2.05) is 13.8 Å². The highest BCUT2D eigenvalue weighted by molar-refractivity contribution is 7.86. The second-order valence-corrected chi connectivity index (χ2v) is 4.53. The Kier molecular flexibility index (Phi) is 4.09. The molecule has 17 heavy (non-hydrogen) atoms. The van der Waals surface area contributed by atoms with Crippen LogP contribution in [0.4, 0.5) is 0 Å². The molecular weight excluding hydrogens is 240 g/mol. The molecule has 0 heterocycles. The molecule has 2 aromatic rings. The topological polar surface area (TPSA) is 74.6 Å². The second-order valence-electron chi connectivity index (χ2n) is 3.14. The molecule has 0 aromatic heterocycles. The molecule has 0 saturated heterocycles. The lowest BCUT2D eigenvalue weighted by Gasteiger charge is -2.04. The fourth-order valence-corrected chi connectivity index (χ4v) is 2.21. The van der Waals surface area contributed by atoms with E-state index in [4.69, 9.17) is 4.55 Å². The third-order valence-electron chi connectivity index (χ3n) is 2.09. The first-order valence-corrected chi connectivity index (χ1v) is 6.62. The van der Waals surface area contributed by atoms with Gasteiger partial charge >= 0.3 is 0 Å². The number of aromatic hydroxyl groups is 1. The summed E-state index contributed by atoms with van der Waals surface area (Å²) in [5, 5.41) is 10.2. The first-order chi connectivity index (χ1) is 7.98. The molecular formula is C12H14O4S. The Balaban J connectivity index is 0.000000686. The van der Waals surface area contributed by atoms with Crippen LogP contribution in [-0.2, 0) is 10.1 Å². The van der Waals surface area contributed by atoms with Gasteiger partial charge in [0.1, 0.15) is 10.6 Å². The maximum absolute atomic E-state index is 11.0. The SMILES string of the molecule is CC.O=S(=O)(O)c1cc(O)cc2ccccc12. The van der Waals surface area contributed by atoms with Crippen LogP contribution in [0.2, 0.25) is 0 Å². The van der Waals surface area contributed by atoms with Crippen molar-refractivity contribution in [3.05, 3.63) is 36.4 Å². The number of phenols is 1. The Hall–Kier alpha value is -1.59. The highest BCUT2D eigenvalue weighted by Crippen LogP contribution is 2.27. The van der Waals surface area contributed by atoms with Gasteiger partial charge in [0.25, 0.3) is 10.1 Å². The van der Waals surface area contributed by atoms with Gasteiger partial charge in [0.2, 0.25) is 0 Å². The van der Waals surface area contributed by atoms with Gasteiger partial charge in [-0.25, -0.2) is 0 Å². The molecule has 0 unspecified atom stereocenters. The Morgan fingerprint density at radius 2 is 1.65 bits per heavy atom. The van der Waals surface area contributed by atoms with Gasteiger partial charge < -0.3 is 5.11 Å². The highest BCUT2D eigenvalue weighted by Gasteiger charge is 2.14. The summed E-state index contributed by atoms with van der Waals surface area (Å²) >= 11 is 0. The molecule has 92 valence electrons. The van der Waals surface area contributed by atoms with E-state index in [-0.39, 0.29) is 10.6 Å². The maximum Gasteiger partial charge on any atom is 0.295 e. The summed E-state index contributed by atoms with van der Waals surface area (Å²) in [5.74, 6) is -0.193. The summed E-state index contributed by atoms with van der Waals surface area (Å²) in [7, 11) is -4.31. The number of hydrogen-bond donors (Lipinski definition) is 2. The molecule has 0 aliphatic rings. The van der Waals surface area contributed by atoms with Crippen molar-refractivity contribution in [2.24, 2.45) is 0 Å². The van der Waals surface area contributed by atoms with E-state index in [0.29, 0.717) is 10.8 Å². The molecule has 0 spiro atoms. The predicted molar refractivity (Wildman–Crippen MR) is 66.8 cm³/mol. The Labute approximate surface area is 100 Å². The van der Waals surface area contributed by atoms with Crippen LogP contribution in [0.15, 0.2) is 41.3 Å². The van der Waals surface area contributed by atoms with Crippen LogP contribution in [0.3, 0.4) is 0 Å². The van der Waals surface area contributed by atoms with Crippen LogP contribution in [0, 0.1) is 0 Å². The normalized spacial score (nSPS) is 10.8. The van der Waals surface area contributed by atoms with Gasteiger partial charge in [-0.2, -0.15) is 8.42 Å². The lowest BCUT2D eigenvalue weighted by Crippen LogP contribution is -1.98. The van der Waals surface area contributed by atoms with Crippen molar-refractivity contribution in [3.63, 3.8) is 0 Å². The number of hydrogen-bond acceptors (Lipinski definition) is 3. The van der Waals surface area contributed by atoms with E-state index < -0.39 is 10.1 Å². The van der Waals surface area contributed by atoms with Gasteiger partial charge in [-0.3, -0.25) is 4.55 Å². The lowest BCUT2D eigenvalue weighted by atomic mass is 10.1. The standard InChI is InChI=1S/C10H8O4S.C2H6/c11-8-5-7-3-1-2-4-9(7)10(6-8)15(12,13)14;1-2/h1-6,11H,(H,12,13,14);1-2H3. The quantitative estimate of drug-likeness (QED) is 0.767. The Morgan fingerprint density at radius 3 is 2.24 bits per heavy atom. The molecule has 0 aliphatic heterocycles. The van der Waals surface area contributed by atoms with Crippen LogP contribution >= 0.6 is 0 Å². The average Bonchev–Trinajstić information content (AvgIpc) is 2.29. The van der Waals surface area contributed by atoms with E-state index in [9.17, 15) is 13.5 Å². The van der Waals surface area contributed by atoms with Crippen molar-refractivity contribution < 1.29 is 18.1 Å². The van der Waals surface area contributed by atoms with E-state index in [1.54, 1.807) is 24.3 Å². The molecule has 5 heteroatoms. The van der Waals surface area contributed by atoms with Crippen LogP contribution in [0.1, 0.15) is 13.8 Å². The van der Waals surface area contributed by atoms with Crippen molar-refractivity contribution in [3.8, 4) is 5.75 Å². The van der Waals surface area contributed by atoms with Crippen LogP contribution in [0.25, 0.3) is 10.8 Å². The van der Waals surface area contributed by atoms with Crippen molar-refractivity contribution in [2.75, 3.05) is 0 Å². The Bertz CT molecular complexity index is 617. The van der Waals surface area contributed by atoms with Crippen LogP contribution < -0.4 is 0 Å². The number of fused-ring (bicyclic) bond motifs is 1. The van der Waals surface area contributed by atoms with Crippen LogP contribution in [-0.4, -0.2) is 18.1 Å². The summed E-state index contributed by atoms with van der Waals surface area (Å²) in [4.78, 5) is -0.280. The van der Waals surface area contributed by atoms with Crippen molar-refractivity contribution >= 4 is 20.9 Å². The highest BCUT2D eigenvalue weighted by atomic mass is 32.2. The van der Waals surface area contributed by atoms with Crippen LogP contribution in [0.5, 0.6) is 5.75 Å². The number of rotatable bonds is 1. The molecule has 0 bridgehead atoms. The molecule has 2 aromatic carbocycles. The fourth-order valence-electron chi connectivity index (χ4n) is 1.47. The zero-order valence-electron chi connectivity index (χ0n) is 9.58. The van der Waals surface area contributed by atoms with Gasteiger partial charge in [0, 0.05) is 11.5 Å². The molecule has 0 amide bonds. The third-order valence-corrected chi connectivity index (χ3v) is 2.98. The van der Waals surface area contributed by atoms with Gasteiger partial charge in [0.05, 0.1) is 0 Å².